The van der Waals surface area contributed by atoms with Crippen molar-refractivity contribution >= 4 is 5.57 Å². The molecule has 1 aliphatic carbocycles. The van der Waals surface area contributed by atoms with Gasteiger partial charge in [-0.2, -0.15) is 0 Å². The molecule has 2 aromatic rings. The van der Waals surface area contributed by atoms with Gasteiger partial charge in [0.2, 0.25) is 0 Å². The van der Waals surface area contributed by atoms with Crippen molar-refractivity contribution in [3.05, 3.63) is 70.0 Å². The van der Waals surface area contributed by atoms with Crippen molar-refractivity contribution in [3.8, 4) is 0 Å². The van der Waals surface area contributed by atoms with E-state index >= 15 is 0 Å². The second-order valence-electron chi connectivity index (χ2n) is 7.53. The van der Waals surface area contributed by atoms with E-state index in [2.05, 4.69) is 56.4 Å². The molecule has 1 saturated heterocycles. The average molecular weight is 349 g/mol. The Labute approximate surface area is 158 Å². The van der Waals surface area contributed by atoms with Crippen molar-refractivity contribution < 1.29 is 0 Å². The van der Waals surface area contributed by atoms with E-state index in [4.69, 9.17) is 4.98 Å². The molecule has 2 atom stereocenters. The van der Waals surface area contributed by atoms with Gasteiger partial charge in [-0.3, -0.25) is 4.98 Å². The molecule has 26 heavy (non-hydrogen) atoms. The molecular weight excluding hydrogens is 316 g/mol. The molecule has 0 saturated carbocycles. The van der Waals surface area contributed by atoms with E-state index in [0.717, 1.165) is 25.7 Å². The summed E-state index contributed by atoms with van der Waals surface area (Å²) in [5.74, 6) is 0. The average Bonchev–Trinajstić information content (AvgIpc) is 2.79. The highest BCUT2D eigenvalue weighted by atomic mass is 14.9. The summed E-state index contributed by atoms with van der Waals surface area (Å²) in [5, 5.41) is 3.67. The molecule has 1 aromatic heterocycles. The van der Waals surface area contributed by atoms with Crippen molar-refractivity contribution in [1.82, 2.24) is 10.3 Å². The summed E-state index contributed by atoms with van der Waals surface area (Å²) in [6.07, 6.45) is 6.37. The number of hydrogen-bond acceptors (Lipinski definition) is 2. The van der Waals surface area contributed by atoms with E-state index in [1.807, 2.05) is 20.0 Å². The molecule has 2 aliphatic rings. The fourth-order valence-corrected chi connectivity index (χ4v) is 4.42. The number of aromatic nitrogens is 1. The standard InChI is InChI=1S/C22H26N2.C2H6/c1-14-6-9-20-18(11-14)8-7-17-5-4-10-23-22(17)21(20)19-12-15(2)24-16(3)13-19;1-2/h4-6,9-11,15-16,24H,7-8,12-13H2,1-3H3;1-2H3. The summed E-state index contributed by atoms with van der Waals surface area (Å²) in [7, 11) is 0. The SMILES string of the molecule is CC.Cc1ccc2c(c1)CCc1cccnc1C2=C1CC(C)NC(C)C1. The molecule has 2 nitrogen and oxygen atoms in total. The number of benzene rings is 1. The fraction of sp³-hybridized carbons (Fsp3) is 0.458. The Morgan fingerprint density at radius 2 is 1.65 bits per heavy atom. The Hall–Kier alpha value is -1.93. The predicted molar refractivity (Wildman–Crippen MR) is 111 cm³/mol. The van der Waals surface area contributed by atoms with Gasteiger partial charge in [-0.25, -0.2) is 0 Å². The first-order valence-corrected chi connectivity index (χ1v) is 10.1. The second kappa shape index (κ2) is 8.18. The van der Waals surface area contributed by atoms with Gasteiger partial charge in [0.05, 0.1) is 5.69 Å². The monoisotopic (exact) mass is 348 g/mol. The van der Waals surface area contributed by atoms with Crippen molar-refractivity contribution in [3.63, 3.8) is 0 Å². The minimum absolute atomic E-state index is 0.528. The van der Waals surface area contributed by atoms with Gasteiger partial charge in [0.15, 0.2) is 0 Å². The summed E-state index contributed by atoms with van der Waals surface area (Å²) in [6.45, 7) is 10.8. The highest BCUT2D eigenvalue weighted by Gasteiger charge is 2.26. The van der Waals surface area contributed by atoms with Gasteiger partial charge in [0.25, 0.3) is 0 Å². The van der Waals surface area contributed by atoms with Gasteiger partial charge in [0.1, 0.15) is 0 Å². The topological polar surface area (TPSA) is 24.9 Å². The Morgan fingerprint density at radius 1 is 0.962 bits per heavy atom. The number of piperidine rings is 1. The summed E-state index contributed by atoms with van der Waals surface area (Å²) >= 11 is 0. The van der Waals surface area contributed by atoms with Crippen LogP contribution in [0, 0.1) is 6.92 Å². The Balaban J connectivity index is 0.000000948. The van der Waals surface area contributed by atoms with Gasteiger partial charge >= 0.3 is 0 Å². The molecule has 1 N–H and O–H groups in total. The third-order valence-corrected chi connectivity index (χ3v) is 5.35. The van der Waals surface area contributed by atoms with Crippen LogP contribution in [-0.2, 0) is 12.8 Å². The zero-order valence-electron chi connectivity index (χ0n) is 16.9. The van der Waals surface area contributed by atoms with Gasteiger partial charge in [-0.05, 0) is 69.2 Å². The van der Waals surface area contributed by atoms with Crippen LogP contribution in [0.15, 0.2) is 42.1 Å². The number of pyridine rings is 1. The van der Waals surface area contributed by atoms with E-state index in [0.29, 0.717) is 12.1 Å². The number of nitrogens with one attached hydrogen (secondary N) is 1. The lowest BCUT2D eigenvalue weighted by Gasteiger charge is -2.31. The van der Waals surface area contributed by atoms with Gasteiger partial charge in [0, 0.05) is 23.9 Å². The summed E-state index contributed by atoms with van der Waals surface area (Å²) in [4.78, 5) is 4.83. The van der Waals surface area contributed by atoms with E-state index < -0.39 is 0 Å². The van der Waals surface area contributed by atoms with Crippen molar-refractivity contribution in [2.75, 3.05) is 0 Å². The summed E-state index contributed by atoms with van der Waals surface area (Å²) in [6, 6.07) is 12.3. The normalized spacial score (nSPS) is 21.9. The molecule has 0 bridgehead atoms. The molecule has 138 valence electrons. The quantitative estimate of drug-likeness (QED) is 0.682. The molecule has 2 unspecified atom stereocenters. The smallest absolute Gasteiger partial charge is 0.0739 e. The summed E-state index contributed by atoms with van der Waals surface area (Å²) < 4.78 is 0. The van der Waals surface area contributed by atoms with Crippen LogP contribution in [0.4, 0.5) is 0 Å². The predicted octanol–water partition coefficient (Wildman–Crippen LogP) is 5.48. The van der Waals surface area contributed by atoms with Crippen LogP contribution >= 0.6 is 0 Å². The van der Waals surface area contributed by atoms with Crippen LogP contribution < -0.4 is 5.32 Å². The zero-order chi connectivity index (χ0) is 18.7. The molecule has 1 aromatic carbocycles. The van der Waals surface area contributed by atoms with Crippen LogP contribution in [0.2, 0.25) is 0 Å². The third-order valence-electron chi connectivity index (χ3n) is 5.35. The number of nitrogens with zero attached hydrogens (tertiary/aromatic N) is 1. The minimum atomic E-state index is 0.528. The van der Waals surface area contributed by atoms with E-state index in [-0.39, 0.29) is 0 Å². The maximum atomic E-state index is 4.83. The van der Waals surface area contributed by atoms with Crippen LogP contribution in [0.1, 0.15) is 68.5 Å². The third kappa shape index (κ3) is 3.76. The van der Waals surface area contributed by atoms with Gasteiger partial charge in [-0.15, -0.1) is 0 Å². The maximum Gasteiger partial charge on any atom is 0.0739 e. The molecule has 4 rings (SSSR count). The molecule has 0 spiro atoms. The highest BCUT2D eigenvalue weighted by molar-refractivity contribution is 5.84. The molecule has 1 fully saturated rings. The van der Waals surface area contributed by atoms with Crippen LogP contribution in [0.5, 0.6) is 0 Å². The lowest BCUT2D eigenvalue weighted by Crippen LogP contribution is -2.39. The lowest BCUT2D eigenvalue weighted by molar-refractivity contribution is 0.412. The number of fused-ring (bicyclic) bond motifs is 2. The molecule has 2 heterocycles. The summed E-state index contributed by atoms with van der Waals surface area (Å²) in [5.41, 5.74) is 9.84. The Bertz CT molecular complexity index is 792. The van der Waals surface area contributed by atoms with Crippen LogP contribution in [-0.4, -0.2) is 17.1 Å². The molecule has 1 aliphatic heterocycles. The van der Waals surface area contributed by atoms with Crippen molar-refractivity contribution in [2.24, 2.45) is 0 Å². The zero-order valence-corrected chi connectivity index (χ0v) is 16.9. The minimum Gasteiger partial charge on any atom is -0.311 e. The first kappa shape index (κ1) is 18.8. The molecule has 0 amide bonds. The van der Waals surface area contributed by atoms with Crippen LogP contribution in [0.3, 0.4) is 0 Å². The van der Waals surface area contributed by atoms with E-state index in [1.54, 1.807) is 5.57 Å². The number of rotatable bonds is 0. The Morgan fingerprint density at radius 3 is 2.38 bits per heavy atom. The first-order valence-electron chi connectivity index (χ1n) is 10.1. The maximum absolute atomic E-state index is 4.83. The highest BCUT2D eigenvalue weighted by Crippen LogP contribution is 2.38. The molecule has 2 heteroatoms. The lowest BCUT2D eigenvalue weighted by atomic mass is 9.85. The number of hydrogen-bond donors (Lipinski definition) is 1. The van der Waals surface area contributed by atoms with Gasteiger partial charge < -0.3 is 5.32 Å². The van der Waals surface area contributed by atoms with E-state index in [1.165, 1.54) is 33.5 Å². The van der Waals surface area contributed by atoms with Crippen LogP contribution in [0.25, 0.3) is 5.57 Å². The van der Waals surface area contributed by atoms with Gasteiger partial charge in [-0.1, -0.05) is 49.2 Å². The second-order valence-corrected chi connectivity index (χ2v) is 7.53. The van der Waals surface area contributed by atoms with Crippen molar-refractivity contribution in [1.29, 1.82) is 0 Å². The molecular formula is C24H32N2. The molecule has 0 radical (unpaired) electrons. The van der Waals surface area contributed by atoms with Crippen molar-refractivity contribution in [2.45, 2.75) is 72.4 Å². The fourth-order valence-electron chi connectivity index (χ4n) is 4.42. The largest absolute Gasteiger partial charge is 0.311 e. The van der Waals surface area contributed by atoms with E-state index in [9.17, 15) is 0 Å². The first-order chi connectivity index (χ1) is 12.6. The number of aryl methyl sites for hydroxylation is 3. The Kier molecular flexibility index (Phi) is 5.93.